The van der Waals surface area contributed by atoms with Gasteiger partial charge in [-0.15, -0.1) is 0 Å². The fourth-order valence-corrected chi connectivity index (χ4v) is 2.90. The van der Waals surface area contributed by atoms with Crippen LogP contribution in [0.1, 0.15) is 19.3 Å². The van der Waals surface area contributed by atoms with E-state index in [9.17, 15) is 0 Å². The van der Waals surface area contributed by atoms with Gasteiger partial charge < -0.3 is 15.1 Å². The Hall–Kier alpha value is -0.120. The molecule has 88 valence electrons. The summed E-state index contributed by atoms with van der Waals surface area (Å²) in [5, 5.41) is 3.75. The maximum Gasteiger partial charge on any atom is 0.0120 e. The van der Waals surface area contributed by atoms with Crippen molar-refractivity contribution >= 4 is 0 Å². The van der Waals surface area contributed by atoms with Crippen molar-refractivity contribution in [2.24, 2.45) is 5.92 Å². The van der Waals surface area contributed by atoms with Gasteiger partial charge in [-0.05, 0) is 65.5 Å². The molecule has 3 heteroatoms. The topological polar surface area (TPSA) is 18.5 Å². The lowest BCUT2D eigenvalue weighted by atomic mass is 9.94. The van der Waals surface area contributed by atoms with Crippen molar-refractivity contribution in [2.45, 2.75) is 25.3 Å². The van der Waals surface area contributed by atoms with Crippen molar-refractivity contribution in [3.05, 3.63) is 0 Å². The molecule has 0 saturated carbocycles. The highest BCUT2D eigenvalue weighted by molar-refractivity contribution is 4.90. The van der Waals surface area contributed by atoms with Crippen LogP contribution in [0.4, 0.5) is 0 Å². The van der Waals surface area contributed by atoms with Crippen LogP contribution in [0.5, 0.6) is 0 Å². The van der Waals surface area contributed by atoms with Crippen molar-refractivity contribution in [2.75, 3.05) is 46.8 Å². The molecule has 2 rings (SSSR count). The molecule has 0 aromatic rings. The van der Waals surface area contributed by atoms with Crippen LogP contribution in [0.2, 0.25) is 0 Å². The van der Waals surface area contributed by atoms with Crippen LogP contribution in [-0.4, -0.2) is 62.7 Å². The second kappa shape index (κ2) is 5.28. The zero-order valence-electron chi connectivity index (χ0n) is 10.2. The standard InChI is InChI=1S/C12H25N3/c1-14(2)7-3-6-13-12-5-9-15-8-4-11(12)10-15/h11-13H,3-10H2,1-2H3. The minimum Gasteiger partial charge on any atom is -0.314 e. The van der Waals surface area contributed by atoms with Crippen molar-refractivity contribution < 1.29 is 0 Å². The summed E-state index contributed by atoms with van der Waals surface area (Å²) in [7, 11) is 4.30. The van der Waals surface area contributed by atoms with E-state index < -0.39 is 0 Å². The summed E-state index contributed by atoms with van der Waals surface area (Å²) >= 11 is 0. The van der Waals surface area contributed by atoms with Gasteiger partial charge in [0.25, 0.3) is 0 Å². The quantitative estimate of drug-likeness (QED) is 0.673. The van der Waals surface area contributed by atoms with Gasteiger partial charge in [0.1, 0.15) is 0 Å². The van der Waals surface area contributed by atoms with Gasteiger partial charge in [0.15, 0.2) is 0 Å². The largest absolute Gasteiger partial charge is 0.314 e. The Balaban J connectivity index is 1.62. The van der Waals surface area contributed by atoms with Crippen LogP contribution in [-0.2, 0) is 0 Å². The van der Waals surface area contributed by atoms with Gasteiger partial charge in [-0.3, -0.25) is 0 Å². The van der Waals surface area contributed by atoms with Gasteiger partial charge in [-0.25, -0.2) is 0 Å². The van der Waals surface area contributed by atoms with Gasteiger partial charge >= 0.3 is 0 Å². The molecule has 2 heterocycles. The molecule has 0 aliphatic carbocycles. The number of nitrogens with one attached hydrogen (secondary N) is 1. The Labute approximate surface area is 93.8 Å². The fraction of sp³-hybridized carbons (Fsp3) is 1.00. The smallest absolute Gasteiger partial charge is 0.0120 e. The average molecular weight is 211 g/mol. The second-order valence-electron chi connectivity index (χ2n) is 5.36. The lowest BCUT2D eigenvalue weighted by Crippen LogP contribution is -2.44. The lowest BCUT2D eigenvalue weighted by Gasteiger charge is -2.31. The van der Waals surface area contributed by atoms with E-state index in [1.54, 1.807) is 0 Å². The van der Waals surface area contributed by atoms with Crippen LogP contribution in [0.15, 0.2) is 0 Å². The van der Waals surface area contributed by atoms with Crippen LogP contribution in [0.25, 0.3) is 0 Å². The van der Waals surface area contributed by atoms with E-state index in [0.29, 0.717) is 0 Å². The highest BCUT2D eigenvalue weighted by Gasteiger charge is 2.33. The van der Waals surface area contributed by atoms with Gasteiger partial charge in [-0.2, -0.15) is 0 Å². The highest BCUT2D eigenvalue weighted by atomic mass is 15.2. The monoisotopic (exact) mass is 211 g/mol. The molecule has 0 aromatic heterocycles. The molecular formula is C12H25N3. The minimum atomic E-state index is 0.811. The molecule has 0 radical (unpaired) electrons. The molecule has 2 fully saturated rings. The summed E-state index contributed by atoms with van der Waals surface area (Å²) in [5.74, 6) is 0.943. The normalized spacial score (nSPS) is 35.0. The van der Waals surface area contributed by atoms with Crippen molar-refractivity contribution in [1.82, 2.24) is 15.1 Å². The summed E-state index contributed by atoms with van der Waals surface area (Å²) in [4.78, 5) is 4.88. The Morgan fingerprint density at radius 3 is 2.87 bits per heavy atom. The summed E-state index contributed by atoms with van der Waals surface area (Å²) in [6.45, 7) is 6.42. The van der Waals surface area contributed by atoms with E-state index in [2.05, 4.69) is 29.2 Å². The maximum atomic E-state index is 3.75. The molecule has 2 bridgehead atoms. The van der Waals surface area contributed by atoms with Crippen molar-refractivity contribution in [3.63, 3.8) is 0 Å². The molecule has 0 spiro atoms. The predicted octanol–water partition coefficient (Wildman–Crippen LogP) is 0.622. The molecule has 2 aliphatic rings. The molecule has 15 heavy (non-hydrogen) atoms. The van der Waals surface area contributed by atoms with E-state index in [-0.39, 0.29) is 0 Å². The minimum absolute atomic E-state index is 0.811. The van der Waals surface area contributed by atoms with Crippen LogP contribution in [0, 0.1) is 5.92 Å². The van der Waals surface area contributed by atoms with Crippen LogP contribution >= 0.6 is 0 Å². The van der Waals surface area contributed by atoms with E-state index >= 15 is 0 Å². The third kappa shape index (κ3) is 3.16. The number of piperidine rings is 1. The Bertz CT molecular complexity index is 193. The number of hydrogen-bond acceptors (Lipinski definition) is 3. The number of hydrogen-bond donors (Lipinski definition) is 1. The molecule has 1 N–H and O–H groups in total. The van der Waals surface area contributed by atoms with Crippen LogP contribution in [0.3, 0.4) is 0 Å². The van der Waals surface area contributed by atoms with Crippen molar-refractivity contribution in [3.8, 4) is 0 Å². The van der Waals surface area contributed by atoms with E-state index in [1.165, 1.54) is 52.0 Å². The fourth-order valence-electron chi connectivity index (χ4n) is 2.90. The summed E-state index contributed by atoms with van der Waals surface area (Å²) in [5.41, 5.74) is 0. The molecule has 0 aromatic carbocycles. The number of nitrogens with zero attached hydrogens (tertiary/aromatic N) is 2. The van der Waals surface area contributed by atoms with E-state index in [0.717, 1.165) is 12.0 Å². The second-order valence-corrected chi connectivity index (χ2v) is 5.36. The molecular weight excluding hydrogens is 186 g/mol. The number of rotatable bonds is 5. The number of fused-ring (bicyclic) bond motifs is 2. The van der Waals surface area contributed by atoms with Gasteiger partial charge in [-0.1, -0.05) is 0 Å². The lowest BCUT2D eigenvalue weighted by molar-refractivity contribution is 0.220. The van der Waals surface area contributed by atoms with Gasteiger partial charge in [0.2, 0.25) is 0 Å². The SMILES string of the molecule is CN(C)CCCNC1CCN2CCC1C2. The first-order chi connectivity index (χ1) is 7.25. The predicted molar refractivity (Wildman–Crippen MR) is 64.1 cm³/mol. The zero-order valence-corrected chi connectivity index (χ0v) is 10.2. The first-order valence-electron chi connectivity index (χ1n) is 6.36. The zero-order chi connectivity index (χ0) is 10.7. The molecule has 2 aliphatic heterocycles. The third-order valence-corrected chi connectivity index (χ3v) is 3.82. The van der Waals surface area contributed by atoms with Crippen molar-refractivity contribution in [1.29, 1.82) is 0 Å². The van der Waals surface area contributed by atoms with Gasteiger partial charge in [0, 0.05) is 12.6 Å². The highest BCUT2D eigenvalue weighted by Crippen LogP contribution is 2.26. The Kier molecular flexibility index (Phi) is 4.00. The maximum absolute atomic E-state index is 3.75. The molecule has 2 saturated heterocycles. The Morgan fingerprint density at radius 2 is 2.07 bits per heavy atom. The first kappa shape index (κ1) is 11.4. The van der Waals surface area contributed by atoms with Gasteiger partial charge in [0.05, 0.1) is 0 Å². The molecule has 0 amide bonds. The summed E-state index contributed by atoms with van der Waals surface area (Å²) in [6, 6.07) is 0.811. The average Bonchev–Trinajstić information content (AvgIpc) is 2.58. The molecule has 3 atom stereocenters. The Morgan fingerprint density at radius 1 is 1.27 bits per heavy atom. The third-order valence-electron chi connectivity index (χ3n) is 3.82. The van der Waals surface area contributed by atoms with E-state index in [4.69, 9.17) is 0 Å². The molecule has 3 nitrogen and oxygen atoms in total. The summed E-state index contributed by atoms with van der Waals surface area (Å²) < 4.78 is 0. The van der Waals surface area contributed by atoms with E-state index in [1.807, 2.05) is 0 Å². The molecule has 3 unspecified atom stereocenters. The first-order valence-corrected chi connectivity index (χ1v) is 6.36. The summed E-state index contributed by atoms with van der Waals surface area (Å²) in [6.07, 6.45) is 4.07. The van der Waals surface area contributed by atoms with Crippen LogP contribution < -0.4 is 5.32 Å².